The second-order valence-corrected chi connectivity index (χ2v) is 8.88. The van der Waals surface area contributed by atoms with Crippen molar-refractivity contribution in [3.05, 3.63) is 59.7 Å². The first kappa shape index (κ1) is 20.5. The molecule has 1 N–H and O–H groups in total. The molecule has 0 bridgehead atoms. The highest BCUT2D eigenvalue weighted by atomic mass is 16.7. The summed E-state index contributed by atoms with van der Waals surface area (Å²) in [5, 5.41) is 3.07. The number of hydrogen-bond acceptors (Lipinski definition) is 4. The zero-order valence-electron chi connectivity index (χ0n) is 17.9. The minimum atomic E-state index is -0.318. The van der Waals surface area contributed by atoms with Crippen molar-refractivity contribution in [3.63, 3.8) is 0 Å². The maximum Gasteiger partial charge on any atom is 0.407 e. The van der Waals surface area contributed by atoms with Crippen LogP contribution < -0.4 is 5.32 Å². The molecule has 2 aliphatic carbocycles. The van der Waals surface area contributed by atoms with Crippen LogP contribution in [0.15, 0.2) is 48.5 Å². The molecule has 1 unspecified atom stereocenters. The van der Waals surface area contributed by atoms with E-state index in [1.807, 2.05) is 0 Å². The summed E-state index contributed by atoms with van der Waals surface area (Å²) < 4.78 is 17.5. The number of nitrogens with one attached hydrogen (secondary N) is 1. The van der Waals surface area contributed by atoms with Crippen LogP contribution in [0, 0.1) is 0 Å². The Morgan fingerprint density at radius 3 is 2.23 bits per heavy atom. The van der Waals surface area contributed by atoms with Gasteiger partial charge >= 0.3 is 6.09 Å². The molecule has 5 rings (SSSR count). The van der Waals surface area contributed by atoms with E-state index in [-0.39, 0.29) is 30.4 Å². The smallest absolute Gasteiger partial charge is 0.407 e. The second kappa shape index (κ2) is 9.41. The number of amides is 1. The Labute approximate surface area is 184 Å². The number of benzene rings is 2. The molecule has 0 aromatic heterocycles. The summed E-state index contributed by atoms with van der Waals surface area (Å²) in [6, 6.07) is 16.9. The van der Waals surface area contributed by atoms with E-state index in [9.17, 15) is 4.79 Å². The van der Waals surface area contributed by atoms with Crippen molar-refractivity contribution in [2.45, 2.75) is 69.3 Å². The lowest BCUT2D eigenvalue weighted by Gasteiger charge is -2.32. The molecular formula is C26H31NO4. The first-order valence-corrected chi connectivity index (χ1v) is 11.7. The second-order valence-electron chi connectivity index (χ2n) is 8.88. The lowest BCUT2D eigenvalue weighted by atomic mass is 9.93. The van der Waals surface area contributed by atoms with E-state index >= 15 is 0 Å². The van der Waals surface area contributed by atoms with Gasteiger partial charge in [-0.2, -0.15) is 0 Å². The van der Waals surface area contributed by atoms with E-state index in [0.29, 0.717) is 6.61 Å². The van der Waals surface area contributed by atoms with Crippen LogP contribution >= 0.6 is 0 Å². The summed E-state index contributed by atoms with van der Waals surface area (Å²) in [5.41, 5.74) is 4.96. The lowest BCUT2D eigenvalue weighted by molar-refractivity contribution is -0.193. The Balaban J connectivity index is 1.10. The number of ether oxygens (including phenoxy) is 3. The fourth-order valence-electron chi connectivity index (χ4n) is 5.18. The van der Waals surface area contributed by atoms with E-state index in [2.05, 4.69) is 53.8 Å². The van der Waals surface area contributed by atoms with E-state index < -0.39 is 0 Å². The zero-order chi connectivity index (χ0) is 21.0. The fraction of sp³-hybridized carbons (Fsp3) is 0.500. The van der Waals surface area contributed by atoms with Crippen LogP contribution in [0.4, 0.5) is 4.79 Å². The van der Waals surface area contributed by atoms with Crippen LogP contribution in [0.1, 0.15) is 62.0 Å². The third-order valence-electron chi connectivity index (χ3n) is 6.82. The molecule has 5 heteroatoms. The highest BCUT2D eigenvalue weighted by molar-refractivity contribution is 5.79. The zero-order valence-corrected chi connectivity index (χ0v) is 17.9. The molecule has 1 aliphatic heterocycles. The quantitative estimate of drug-likeness (QED) is 0.704. The third kappa shape index (κ3) is 4.63. The van der Waals surface area contributed by atoms with Gasteiger partial charge in [0.15, 0.2) is 6.29 Å². The van der Waals surface area contributed by atoms with Crippen LogP contribution in [-0.4, -0.2) is 37.7 Å². The Kier molecular flexibility index (Phi) is 6.23. The summed E-state index contributed by atoms with van der Waals surface area (Å²) in [5.74, 6) is 0.0952. The van der Waals surface area contributed by atoms with Crippen LogP contribution in [-0.2, 0) is 14.2 Å². The SMILES string of the molecule is O=C(NC1CCC(OC2CCCCO2)CC1)OCC1c2ccccc2-c2ccccc21. The summed E-state index contributed by atoms with van der Waals surface area (Å²) in [6.45, 7) is 1.17. The molecule has 1 amide bonds. The van der Waals surface area contributed by atoms with Gasteiger partial charge in [0.05, 0.1) is 6.10 Å². The largest absolute Gasteiger partial charge is 0.449 e. The molecule has 3 aliphatic rings. The molecule has 5 nitrogen and oxygen atoms in total. The normalized spacial score (nSPS) is 25.5. The van der Waals surface area contributed by atoms with Crippen molar-refractivity contribution in [2.24, 2.45) is 0 Å². The number of carbonyl (C=O) groups excluding carboxylic acids is 1. The molecule has 1 heterocycles. The van der Waals surface area contributed by atoms with Gasteiger partial charge in [-0.3, -0.25) is 0 Å². The van der Waals surface area contributed by atoms with Crippen LogP contribution in [0.25, 0.3) is 11.1 Å². The van der Waals surface area contributed by atoms with Crippen molar-refractivity contribution in [1.29, 1.82) is 0 Å². The van der Waals surface area contributed by atoms with Crippen molar-refractivity contribution < 1.29 is 19.0 Å². The van der Waals surface area contributed by atoms with Crippen molar-refractivity contribution in [1.82, 2.24) is 5.32 Å². The average molecular weight is 422 g/mol. The van der Waals surface area contributed by atoms with Gasteiger partial charge in [-0.05, 0) is 67.2 Å². The number of rotatable bonds is 5. The lowest BCUT2D eigenvalue weighted by Crippen LogP contribution is -2.40. The van der Waals surface area contributed by atoms with Crippen LogP contribution in [0.2, 0.25) is 0 Å². The molecule has 164 valence electrons. The van der Waals surface area contributed by atoms with Crippen molar-refractivity contribution in [2.75, 3.05) is 13.2 Å². The van der Waals surface area contributed by atoms with Gasteiger partial charge in [0.2, 0.25) is 0 Å². The van der Waals surface area contributed by atoms with Crippen molar-refractivity contribution >= 4 is 6.09 Å². The molecular weight excluding hydrogens is 390 g/mol. The fourth-order valence-corrected chi connectivity index (χ4v) is 5.18. The van der Waals surface area contributed by atoms with Crippen LogP contribution in [0.3, 0.4) is 0 Å². The standard InChI is InChI=1S/C26H31NO4/c28-26(27-18-12-14-19(15-13-18)31-25-11-5-6-16-29-25)30-17-24-22-9-3-1-7-20(22)21-8-2-4-10-23(21)24/h1-4,7-10,18-19,24-25H,5-6,11-17H2,(H,27,28). The summed E-state index contributed by atoms with van der Waals surface area (Å²) in [6.07, 6.45) is 6.94. The molecule has 2 aromatic carbocycles. The molecule has 1 atom stereocenters. The highest BCUT2D eigenvalue weighted by Gasteiger charge is 2.30. The average Bonchev–Trinajstić information content (AvgIpc) is 3.13. The molecule has 2 fully saturated rings. The minimum Gasteiger partial charge on any atom is -0.449 e. The molecule has 1 saturated heterocycles. The summed E-state index contributed by atoms with van der Waals surface area (Å²) in [7, 11) is 0. The first-order chi connectivity index (χ1) is 15.3. The van der Waals surface area contributed by atoms with Gasteiger partial charge in [0.1, 0.15) is 6.61 Å². The summed E-state index contributed by atoms with van der Waals surface area (Å²) >= 11 is 0. The maximum absolute atomic E-state index is 12.5. The molecule has 31 heavy (non-hydrogen) atoms. The molecule has 2 aromatic rings. The Hall–Kier alpha value is -2.37. The van der Waals surface area contributed by atoms with E-state index in [4.69, 9.17) is 14.2 Å². The number of hydrogen-bond donors (Lipinski definition) is 1. The Bertz CT molecular complexity index is 854. The van der Waals surface area contributed by atoms with Gasteiger partial charge in [0, 0.05) is 18.6 Å². The first-order valence-electron chi connectivity index (χ1n) is 11.7. The molecule has 1 saturated carbocycles. The highest BCUT2D eigenvalue weighted by Crippen LogP contribution is 2.44. The van der Waals surface area contributed by atoms with Gasteiger partial charge in [0.25, 0.3) is 0 Å². The Morgan fingerprint density at radius 1 is 0.903 bits per heavy atom. The van der Waals surface area contributed by atoms with E-state index in [1.165, 1.54) is 28.7 Å². The van der Waals surface area contributed by atoms with Gasteiger partial charge in [-0.25, -0.2) is 4.79 Å². The minimum absolute atomic E-state index is 0.0367. The van der Waals surface area contributed by atoms with Crippen LogP contribution in [0.5, 0.6) is 0 Å². The van der Waals surface area contributed by atoms with E-state index in [1.54, 1.807) is 0 Å². The number of fused-ring (bicyclic) bond motifs is 3. The van der Waals surface area contributed by atoms with Crippen molar-refractivity contribution in [3.8, 4) is 11.1 Å². The molecule has 0 spiro atoms. The van der Waals surface area contributed by atoms with Gasteiger partial charge in [-0.1, -0.05) is 48.5 Å². The Morgan fingerprint density at radius 2 is 1.58 bits per heavy atom. The summed E-state index contributed by atoms with van der Waals surface area (Å²) in [4.78, 5) is 12.5. The topological polar surface area (TPSA) is 56.8 Å². The maximum atomic E-state index is 12.5. The predicted octanol–water partition coefficient (Wildman–Crippen LogP) is 5.38. The predicted molar refractivity (Wildman–Crippen MR) is 119 cm³/mol. The third-order valence-corrected chi connectivity index (χ3v) is 6.82. The number of alkyl carbamates (subject to hydrolysis) is 1. The van der Waals surface area contributed by atoms with Gasteiger partial charge < -0.3 is 19.5 Å². The molecule has 0 radical (unpaired) electrons. The number of carbonyl (C=O) groups is 1. The monoisotopic (exact) mass is 421 g/mol. The van der Waals surface area contributed by atoms with Gasteiger partial charge in [-0.15, -0.1) is 0 Å². The van der Waals surface area contributed by atoms with E-state index in [0.717, 1.165) is 45.1 Å².